The maximum absolute atomic E-state index is 14.6. The molecule has 0 saturated carbocycles. The van der Waals surface area contributed by atoms with Crippen LogP contribution in [-0.2, 0) is 38.3 Å². The number of urea groups is 1. The first-order valence-corrected chi connectivity index (χ1v) is 19.6. The van der Waals surface area contributed by atoms with Crippen LogP contribution in [0.5, 0.6) is 0 Å². The van der Waals surface area contributed by atoms with Gasteiger partial charge < -0.3 is 35.8 Å². The van der Waals surface area contributed by atoms with Gasteiger partial charge >= 0.3 is 12.1 Å². The molecule has 3 aromatic rings. The zero-order chi connectivity index (χ0) is 37.1. The molecule has 2 aromatic carbocycles. The highest BCUT2D eigenvalue weighted by atomic mass is 35.5. The largest absolute Gasteiger partial charge is 0.506 e. The van der Waals surface area contributed by atoms with Gasteiger partial charge in [-0.1, -0.05) is 73.8 Å². The molecule has 1 aromatic heterocycles. The van der Waals surface area contributed by atoms with E-state index in [9.17, 15) is 28.8 Å². The van der Waals surface area contributed by atoms with E-state index in [4.69, 9.17) is 33.7 Å². The number of H-pyrrole nitrogens is 1. The predicted molar refractivity (Wildman–Crippen MR) is 197 cm³/mol. The number of hydrogen-bond donors (Lipinski definition) is 5. The molecule has 0 radical (unpaired) electrons. The fraction of sp³-hybridized carbons (Fsp3) is 0.351. The van der Waals surface area contributed by atoms with Crippen molar-refractivity contribution in [1.29, 1.82) is 0 Å². The van der Waals surface area contributed by atoms with Crippen LogP contribution in [-0.4, -0.2) is 57.1 Å². The standard InChI is InChI=1S/C37H38Cl2N5O7P/c1-3-19(2)18-44(35(40)48)34(47)37(12-11-26-24(16-37)23-14-22(38)15-25(39)29(23)42-26)43-33(46)27(51-36(49)41-17-20-7-5-4-6-8-20)10-9-21-13-28-30(45)32-31(21)52(28,32)50/h4-8,13-15,19,27,42,45H,3,9-12,16-18H2,1-2H3,(H2,40,48)(H,41,49)(H,43,46)/t19-,27-,37+,52?/m0/s1. The molecule has 1 unspecified atom stereocenters. The number of carbonyl (C=O) groups excluding carboxylic acids is 4. The number of aromatic nitrogens is 1. The number of benzene rings is 2. The fourth-order valence-electron chi connectivity index (χ4n) is 7.46. The second-order valence-electron chi connectivity index (χ2n) is 13.9. The Morgan fingerprint density at radius 2 is 1.90 bits per heavy atom. The van der Waals surface area contributed by atoms with Crippen LogP contribution in [0.1, 0.15) is 56.4 Å². The molecule has 0 spiro atoms. The Balaban J connectivity index is 1.20. The molecular weight excluding hydrogens is 728 g/mol. The van der Waals surface area contributed by atoms with Crippen LogP contribution in [0.25, 0.3) is 10.9 Å². The van der Waals surface area contributed by atoms with Crippen LogP contribution in [0.2, 0.25) is 10.0 Å². The number of nitrogens with one attached hydrogen (secondary N) is 3. The molecule has 52 heavy (non-hydrogen) atoms. The molecular formula is C37H38Cl2N5O7P. The number of primary amides is 1. The Labute approximate surface area is 309 Å². The van der Waals surface area contributed by atoms with E-state index >= 15 is 0 Å². The van der Waals surface area contributed by atoms with E-state index in [1.165, 1.54) is 0 Å². The second kappa shape index (κ2) is 13.5. The highest BCUT2D eigenvalue weighted by Gasteiger charge is 2.67. The van der Waals surface area contributed by atoms with Crippen LogP contribution in [0, 0.1) is 5.92 Å². The number of nitrogens with zero attached hydrogens (tertiary/aromatic N) is 1. The molecule has 5 amide bonds. The van der Waals surface area contributed by atoms with Crippen molar-refractivity contribution in [2.45, 2.75) is 70.6 Å². The Hall–Kier alpha value is -4.51. The number of aryl methyl sites for hydroxylation is 1. The number of nitrogens with two attached hydrogens (primary N) is 1. The van der Waals surface area contributed by atoms with Crippen LogP contribution in [0.4, 0.5) is 9.59 Å². The number of aromatic amines is 1. The Morgan fingerprint density at radius 3 is 2.56 bits per heavy atom. The Kier molecular flexibility index (Phi) is 9.30. The summed E-state index contributed by atoms with van der Waals surface area (Å²) in [4.78, 5) is 59.4. The lowest BCUT2D eigenvalue weighted by molar-refractivity contribution is -0.143. The first-order chi connectivity index (χ1) is 24.8. The van der Waals surface area contributed by atoms with Gasteiger partial charge in [0.15, 0.2) is 13.2 Å². The number of hydrogen-bond acceptors (Lipinski definition) is 7. The van der Waals surface area contributed by atoms with Gasteiger partial charge in [0.1, 0.15) is 11.3 Å². The number of carbonyl (C=O) groups is 4. The van der Waals surface area contributed by atoms with E-state index < -0.39 is 42.7 Å². The summed E-state index contributed by atoms with van der Waals surface area (Å²) in [6.07, 6.45) is 0.672. The second-order valence-corrected chi connectivity index (χ2v) is 17.3. The molecule has 6 N–H and O–H groups in total. The predicted octanol–water partition coefficient (Wildman–Crippen LogP) is 7.16. The van der Waals surface area contributed by atoms with E-state index in [0.29, 0.717) is 60.9 Å². The minimum atomic E-state index is -2.74. The first kappa shape index (κ1) is 35.9. The maximum Gasteiger partial charge on any atom is 0.408 e. The molecule has 4 atom stereocenters. The molecule has 12 nitrogen and oxygen atoms in total. The number of halogens is 2. The molecule has 0 saturated heterocycles. The quantitative estimate of drug-likeness (QED) is 0.121. The highest BCUT2D eigenvalue weighted by Crippen LogP contribution is 2.95. The summed E-state index contributed by atoms with van der Waals surface area (Å²) < 4.78 is 18.8. The number of alkyl carbamates (subject to hydrolysis) is 1. The van der Waals surface area contributed by atoms with Gasteiger partial charge in [0.2, 0.25) is 0 Å². The summed E-state index contributed by atoms with van der Waals surface area (Å²) in [5.41, 5.74) is 7.80. The summed E-state index contributed by atoms with van der Waals surface area (Å²) in [6, 6.07) is 11.6. The Bertz CT molecular complexity index is 2200. The molecule has 0 bridgehead atoms. The first-order valence-electron chi connectivity index (χ1n) is 17.2. The topological polar surface area (TPSA) is 184 Å². The van der Waals surface area contributed by atoms with Gasteiger partial charge in [-0.2, -0.15) is 0 Å². The third-order valence-corrected chi connectivity index (χ3v) is 14.0. The van der Waals surface area contributed by atoms with Gasteiger partial charge in [-0.05, 0) is 66.5 Å². The molecule has 4 heterocycles. The highest BCUT2D eigenvalue weighted by molar-refractivity contribution is 7.86. The molecule has 4 aliphatic rings. The number of ether oxygens (including phenoxy) is 1. The lowest BCUT2D eigenvalue weighted by atomic mass is 9.78. The van der Waals surface area contributed by atoms with Crippen molar-refractivity contribution in [2.24, 2.45) is 11.7 Å². The van der Waals surface area contributed by atoms with E-state index in [1.54, 1.807) is 18.2 Å². The van der Waals surface area contributed by atoms with Crippen LogP contribution in [0.15, 0.2) is 75.8 Å². The van der Waals surface area contributed by atoms with Crippen LogP contribution >= 0.6 is 30.3 Å². The zero-order valence-corrected chi connectivity index (χ0v) is 31.0. The molecule has 7 rings (SSSR count). The van der Waals surface area contributed by atoms with E-state index in [-0.39, 0.29) is 50.4 Å². The van der Waals surface area contributed by atoms with Crippen LogP contribution in [0.3, 0.4) is 0 Å². The van der Waals surface area contributed by atoms with Gasteiger partial charge in [0, 0.05) is 40.9 Å². The summed E-state index contributed by atoms with van der Waals surface area (Å²) >= 11 is 12.9. The van der Waals surface area contributed by atoms with Gasteiger partial charge in [-0.15, -0.1) is 0 Å². The monoisotopic (exact) mass is 765 g/mol. The van der Waals surface area contributed by atoms with Crippen molar-refractivity contribution in [3.8, 4) is 0 Å². The van der Waals surface area contributed by atoms with Gasteiger partial charge in [0.25, 0.3) is 11.8 Å². The summed E-state index contributed by atoms with van der Waals surface area (Å²) in [6.45, 7) is 4.01. The molecule has 15 heteroatoms. The minimum absolute atomic E-state index is 0.0124. The zero-order valence-electron chi connectivity index (χ0n) is 28.6. The van der Waals surface area contributed by atoms with Gasteiger partial charge in [-0.3, -0.25) is 14.5 Å². The van der Waals surface area contributed by atoms with E-state index in [2.05, 4.69) is 15.6 Å². The number of aliphatic hydroxyl groups is 1. The number of rotatable bonds is 12. The SMILES string of the molecule is CC[C@H](C)CN(C(N)=O)C(=O)[C@@]1(NC(=O)[C@H](CCC2=CC3=C(O)C4=C2P34=O)OC(=O)NCc2ccccc2)CCc2[nH]c3c(Cl)cc(Cl)cc3c2C1. The molecule has 0 fully saturated rings. The van der Waals surface area contributed by atoms with Crippen LogP contribution < -0.4 is 16.4 Å². The summed E-state index contributed by atoms with van der Waals surface area (Å²) in [5, 5.41) is 18.7. The molecule has 1 aliphatic carbocycles. The van der Waals surface area contributed by atoms with Crippen molar-refractivity contribution in [2.75, 3.05) is 6.54 Å². The number of imide groups is 1. The number of fused-ring (bicyclic) bond motifs is 3. The molecule has 3 aliphatic heterocycles. The van der Waals surface area contributed by atoms with Crippen molar-refractivity contribution in [3.63, 3.8) is 0 Å². The number of aliphatic hydroxyl groups excluding tert-OH is 1. The van der Waals surface area contributed by atoms with Crippen molar-refractivity contribution in [1.82, 2.24) is 20.5 Å². The number of allylic oxidation sites excluding steroid dienone is 5. The van der Waals surface area contributed by atoms with Crippen molar-refractivity contribution in [3.05, 3.63) is 103 Å². The van der Waals surface area contributed by atoms with Gasteiger partial charge in [-0.25, -0.2) is 9.59 Å². The summed E-state index contributed by atoms with van der Waals surface area (Å²) in [5.74, 6) is -1.45. The van der Waals surface area contributed by atoms with E-state index in [0.717, 1.165) is 16.2 Å². The van der Waals surface area contributed by atoms with Gasteiger partial charge in [0.05, 0.1) is 21.2 Å². The average molecular weight is 767 g/mol. The average Bonchev–Trinajstić information content (AvgIpc) is 3.34. The normalized spacial score (nSPS) is 22.1. The molecule has 272 valence electrons. The third-order valence-electron chi connectivity index (χ3n) is 10.5. The fourth-order valence-corrected chi connectivity index (χ4v) is 11.0. The lowest BCUT2D eigenvalue weighted by Crippen LogP contribution is -2.65. The third kappa shape index (κ3) is 6.10. The smallest absolute Gasteiger partial charge is 0.408 e. The van der Waals surface area contributed by atoms with Crippen molar-refractivity contribution >= 4 is 65.2 Å². The lowest BCUT2D eigenvalue weighted by Gasteiger charge is -2.40. The Morgan fingerprint density at radius 1 is 1.15 bits per heavy atom. The van der Waals surface area contributed by atoms with Crippen molar-refractivity contribution < 1.29 is 33.6 Å². The maximum atomic E-state index is 14.6. The minimum Gasteiger partial charge on any atom is -0.506 e. The van der Waals surface area contributed by atoms with E-state index in [1.807, 2.05) is 44.2 Å². The summed E-state index contributed by atoms with van der Waals surface area (Å²) in [7, 11) is -2.74. The number of amides is 5.